The highest BCUT2D eigenvalue weighted by molar-refractivity contribution is 5.94. The Morgan fingerprint density at radius 3 is 2.36 bits per heavy atom. The van der Waals surface area contributed by atoms with E-state index in [0.717, 1.165) is 39.3 Å². The normalized spacial score (nSPS) is 15.4. The van der Waals surface area contributed by atoms with Gasteiger partial charge in [-0.3, -0.25) is 14.6 Å². The van der Waals surface area contributed by atoms with Gasteiger partial charge in [-0.05, 0) is 23.8 Å². The van der Waals surface area contributed by atoms with E-state index >= 15 is 0 Å². The van der Waals surface area contributed by atoms with Crippen LogP contribution in [0.3, 0.4) is 0 Å². The van der Waals surface area contributed by atoms with Crippen LogP contribution in [0.1, 0.15) is 15.9 Å². The van der Waals surface area contributed by atoms with E-state index in [2.05, 4.69) is 39.4 Å². The largest absolute Gasteiger partial charge is 0.375 e. The third kappa shape index (κ3) is 5.53. The standard InChI is InChI=1S/C22H29FN4O/c1-25(2)21-9-8-19(16-20(21)23)22(28)24-10-11-26-12-14-27(15-13-26)17-18-6-4-3-5-7-18/h3-9,16H,10-15,17H2,1-2H3,(H,24,28). The molecule has 1 heterocycles. The van der Waals surface area contributed by atoms with Crippen LogP contribution in [-0.2, 0) is 6.54 Å². The average molecular weight is 384 g/mol. The smallest absolute Gasteiger partial charge is 0.251 e. The minimum atomic E-state index is -0.382. The van der Waals surface area contributed by atoms with Gasteiger partial charge in [0.05, 0.1) is 5.69 Å². The number of hydrogen-bond donors (Lipinski definition) is 1. The summed E-state index contributed by atoms with van der Waals surface area (Å²) in [6.45, 7) is 6.40. The highest BCUT2D eigenvalue weighted by Gasteiger charge is 2.17. The van der Waals surface area contributed by atoms with Crippen LogP contribution in [0.5, 0.6) is 0 Å². The van der Waals surface area contributed by atoms with E-state index in [1.807, 2.05) is 6.07 Å². The summed E-state index contributed by atoms with van der Waals surface area (Å²) in [6.07, 6.45) is 0. The molecule has 0 unspecified atom stereocenters. The van der Waals surface area contributed by atoms with Crippen molar-refractivity contribution in [2.75, 3.05) is 58.3 Å². The number of anilines is 1. The van der Waals surface area contributed by atoms with Gasteiger partial charge in [0.15, 0.2) is 0 Å². The zero-order chi connectivity index (χ0) is 19.9. The number of benzene rings is 2. The highest BCUT2D eigenvalue weighted by Crippen LogP contribution is 2.18. The van der Waals surface area contributed by atoms with Gasteiger partial charge in [0.2, 0.25) is 0 Å². The maximum Gasteiger partial charge on any atom is 0.251 e. The first-order valence-corrected chi connectivity index (χ1v) is 9.76. The monoisotopic (exact) mass is 384 g/mol. The third-order valence-electron chi connectivity index (χ3n) is 5.12. The number of carbonyl (C=O) groups is 1. The lowest BCUT2D eigenvalue weighted by molar-refractivity contribution is 0.0933. The molecule has 0 aliphatic carbocycles. The number of halogens is 1. The number of nitrogens with one attached hydrogen (secondary N) is 1. The molecule has 1 aliphatic rings. The second-order valence-electron chi connectivity index (χ2n) is 7.42. The van der Waals surface area contributed by atoms with Gasteiger partial charge in [-0.1, -0.05) is 30.3 Å². The van der Waals surface area contributed by atoms with Crippen LogP contribution in [-0.4, -0.2) is 69.1 Å². The lowest BCUT2D eigenvalue weighted by Gasteiger charge is -2.34. The molecular weight excluding hydrogens is 355 g/mol. The molecular formula is C22H29FN4O. The van der Waals surface area contributed by atoms with Crippen LogP contribution < -0.4 is 10.2 Å². The molecule has 1 N–H and O–H groups in total. The van der Waals surface area contributed by atoms with E-state index in [1.165, 1.54) is 11.6 Å². The van der Waals surface area contributed by atoms with E-state index in [4.69, 9.17) is 0 Å². The van der Waals surface area contributed by atoms with Crippen LogP contribution in [0.4, 0.5) is 10.1 Å². The molecule has 0 spiro atoms. The number of piperazine rings is 1. The van der Waals surface area contributed by atoms with Crippen molar-refractivity contribution in [3.05, 3.63) is 65.5 Å². The highest BCUT2D eigenvalue weighted by atomic mass is 19.1. The van der Waals surface area contributed by atoms with Gasteiger partial charge >= 0.3 is 0 Å². The Morgan fingerprint density at radius 2 is 1.71 bits per heavy atom. The maximum atomic E-state index is 14.0. The minimum Gasteiger partial charge on any atom is -0.375 e. The molecule has 0 aromatic heterocycles. The molecule has 5 nitrogen and oxygen atoms in total. The molecule has 2 aromatic rings. The summed E-state index contributed by atoms with van der Waals surface area (Å²) in [5.41, 5.74) is 2.18. The Bertz CT molecular complexity index is 773. The number of carbonyl (C=O) groups excluding carboxylic acids is 1. The molecule has 1 saturated heterocycles. The topological polar surface area (TPSA) is 38.8 Å². The van der Waals surface area contributed by atoms with E-state index < -0.39 is 0 Å². The number of amides is 1. The van der Waals surface area contributed by atoms with Crippen molar-refractivity contribution in [3.8, 4) is 0 Å². The fraction of sp³-hybridized carbons (Fsp3) is 0.409. The molecule has 0 saturated carbocycles. The Labute approximate surface area is 166 Å². The first-order chi connectivity index (χ1) is 13.5. The van der Waals surface area contributed by atoms with Crippen LogP contribution in [0.15, 0.2) is 48.5 Å². The summed E-state index contributed by atoms with van der Waals surface area (Å²) in [4.78, 5) is 18.8. The lowest BCUT2D eigenvalue weighted by atomic mass is 10.1. The zero-order valence-electron chi connectivity index (χ0n) is 16.7. The van der Waals surface area contributed by atoms with Crippen LogP contribution in [0, 0.1) is 5.82 Å². The van der Waals surface area contributed by atoms with E-state index in [9.17, 15) is 9.18 Å². The van der Waals surface area contributed by atoms with Crippen LogP contribution in [0.25, 0.3) is 0 Å². The van der Waals surface area contributed by atoms with Crippen molar-refractivity contribution in [1.29, 1.82) is 0 Å². The van der Waals surface area contributed by atoms with Crippen molar-refractivity contribution in [3.63, 3.8) is 0 Å². The molecule has 1 aliphatic heterocycles. The summed E-state index contributed by atoms with van der Waals surface area (Å²) in [7, 11) is 3.55. The van der Waals surface area contributed by atoms with Gasteiger partial charge < -0.3 is 10.2 Å². The van der Waals surface area contributed by atoms with Gasteiger partial charge in [0.1, 0.15) is 5.82 Å². The second-order valence-corrected chi connectivity index (χ2v) is 7.42. The Kier molecular flexibility index (Phi) is 7.01. The summed E-state index contributed by atoms with van der Waals surface area (Å²) < 4.78 is 14.0. The quantitative estimate of drug-likeness (QED) is 0.796. The maximum absolute atomic E-state index is 14.0. The molecule has 3 rings (SSSR count). The number of hydrogen-bond acceptors (Lipinski definition) is 4. The van der Waals surface area contributed by atoms with Crippen molar-refractivity contribution >= 4 is 11.6 Å². The molecule has 0 atom stereocenters. The molecule has 0 radical (unpaired) electrons. The summed E-state index contributed by atoms with van der Waals surface area (Å²) in [5.74, 6) is -0.612. The lowest BCUT2D eigenvalue weighted by Crippen LogP contribution is -2.48. The number of rotatable bonds is 7. The predicted octanol–water partition coefficient (Wildman–Crippen LogP) is 2.44. The van der Waals surface area contributed by atoms with Gasteiger partial charge in [-0.2, -0.15) is 0 Å². The number of nitrogens with zero attached hydrogens (tertiary/aromatic N) is 3. The van der Waals surface area contributed by atoms with E-state index in [-0.39, 0.29) is 11.7 Å². The Balaban J connectivity index is 1.39. The summed E-state index contributed by atoms with van der Waals surface area (Å²) in [6, 6.07) is 15.1. The van der Waals surface area contributed by atoms with Gasteiger partial charge in [-0.15, -0.1) is 0 Å². The second kappa shape index (κ2) is 9.66. The fourth-order valence-corrected chi connectivity index (χ4v) is 3.45. The molecule has 28 heavy (non-hydrogen) atoms. The van der Waals surface area contributed by atoms with Gasteiger partial charge in [-0.25, -0.2) is 4.39 Å². The van der Waals surface area contributed by atoms with E-state index in [1.54, 1.807) is 31.1 Å². The molecule has 150 valence electrons. The Hall–Kier alpha value is -2.44. The van der Waals surface area contributed by atoms with Crippen molar-refractivity contribution in [1.82, 2.24) is 15.1 Å². The predicted molar refractivity (Wildman–Crippen MR) is 111 cm³/mol. The first kappa shape index (κ1) is 20.3. The fourth-order valence-electron chi connectivity index (χ4n) is 3.45. The molecule has 1 amide bonds. The van der Waals surface area contributed by atoms with Crippen LogP contribution >= 0.6 is 0 Å². The van der Waals surface area contributed by atoms with Gasteiger partial charge in [0.25, 0.3) is 5.91 Å². The van der Waals surface area contributed by atoms with Crippen molar-refractivity contribution in [2.45, 2.75) is 6.54 Å². The Morgan fingerprint density at radius 1 is 1.04 bits per heavy atom. The molecule has 1 fully saturated rings. The van der Waals surface area contributed by atoms with Crippen molar-refractivity contribution < 1.29 is 9.18 Å². The first-order valence-electron chi connectivity index (χ1n) is 9.76. The van der Waals surface area contributed by atoms with Gasteiger partial charge in [0, 0.05) is 65.5 Å². The summed E-state index contributed by atoms with van der Waals surface area (Å²) in [5, 5.41) is 2.90. The zero-order valence-corrected chi connectivity index (χ0v) is 16.7. The minimum absolute atomic E-state index is 0.230. The summed E-state index contributed by atoms with van der Waals surface area (Å²) >= 11 is 0. The molecule has 0 bridgehead atoms. The average Bonchev–Trinajstić information content (AvgIpc) is 2.69. The van der Waals surface area contributed by atoms with Crippen LogP contribution in [0.2, 0.25) is 0 Å². The molecule has 2 aromatic carbocycles. The SMILES string of the molecule is CN(C)c1ccc(C(=O)NCCN2CCN(Cc3ccccc3)CC2)cc1F. The third-order valence-corrected chi connectivity index (χ3v) is 5.12. The molecule has 6 heteroatoms. The van der Waals surface area contributed by atoms with E-state index in [0.29, 0.717) is 17.8 Å². The van der Waals surface area contributed by atoms with Crippen molar-refractivity contribution in [2.24, 2.45) is 0 Å².